The van der Waals surface area contributed by atoms with Crippen LogP contribution in [0.15, 0.2) is 0 Å². The molecule has 5 heteroatoms. The molecule has 1 fully saturated rings. The second-order valence-electron chi connectivity index (χ2n) is 5.02. The van der Waals surface area contributed by atoms with Crippen LogP contribution in [0.2, 0.25) is 0 Å². The largest absolute Gasteiger partial charge is 0.381 e. The van der Waals surface area contributed by atoms with Gasteiger partial charge >= 0.3 is 0 Å². The van der Waals surface area contributed by atoms with Crippen LogP contribution in [0.3, 0.4) is 0 Å². The average molecular weight is 265 g/mol. The maximum absolute atomic E-state index is 11.8. The second kappa shape index (κ2) is 7.90. The van der Waals surface area contributed by atoms with Crippen LogP contribution in [-0.2, 0) is 9.53 Å². The molecule has 3 N–H and O–H groups in total. The average Bonchev–Trinajstić information content (AvgIpc) is 2.28. The lowest BCUT2D eigenvalue weighted by molar-refractivity contribution is -0.124. The van der Waals surface area contributed by atoms with Crippen LogP contribution in [0.25, 0.3) is 0 Å². The number of carbonyl (C=O) groups is 1. The Morgan fingerprint density at radius 3 is 2.29 bits per heavy atom. The third kappa shape index (κ3) is 5.23. The summed E-state index contributed by atoms with van der Waals surface area (Å²) >= 11 is 0. The summed E-state index contributed by atoms with van der Waals surface area (Å²) in [4.78, 5) is 11.8. The highest BCUT2D eigenvalue weighted by atomic mass is 35.5. The van der Waals surface area contributed by atoms with Crippen molar-refractivity contribution in [3.63, 3.8) is 0 Å². The summed E-state index contributed by atoms with van der Waals surface area (Å²) in [7, 11) is 0. The molecular weight excluding hydrogens is 240 g/mol. The molecule has 1 aliphatic heterocycles. The molecule has 2 atom stereocenters. The highest BCUT2D eigenvalue weighted by molar-refractivity contribution is 5.85. The minimum Gasteiger partial charge on any atom is -0.381 e. The molecular formula is C12H25ClN2O2. The lowest BCUT2D eigenvalue weighted by Crippen LogP contribution is -2.49. The van der Waals surface area contributed by atoms with E-state index in [4.69, 9.17) is 10.5 Å². The quantitative estimate of drug-likeness (QED) is 0.805. The molecule has 0 aliphatic carbocycles. The molecule has 1 unspecified atom stereocenters. The molecule has 4 nitrogen and oxygen atoms in total. The summed E-state index contributed by atoms with van der Waals surface area (Å²) in [6.07, 6.45) is 2.05. The molecule has 1 aliphatic rings. The first kappa shape index (κ1) is 16.7. The summed E-state index contributed by atoms with van der Waals surface area (Å²) < 4.78 is 5.30. The number of amides is 1. The van der Waals surface area contributed by atoms with E-state index >= 15 is 0 Å². The van der Waals surface area contributed by atoms with Crippen LogP contribution < -0.4 is 11.1 Å². The number of hydrogen-bond donors (Lipinski definition) is 2. The molecule has 0 bridgehead atoms. The number of nitrogens with two attached hydrogens (primary N) is 1. The molecule has 1 heterocycles. The minimum atomic E-state index is -0.401. The zero-order valence-electron chi connectivity index (χ0n) is 10.9. The number of hydrogen-bond acceptors (Lipinski definition) is 3. The maximum Gasteiger partial charge on any atom is 0.237 e. The van der Waals surface area contributed by atoms with Crippen LogP contribution >= 0.6 is 12.4 Å². The Kier molecular flexibility index (Phi) is 7.75. The van der Waals surface area contributed by atoms with Gasteiger partial charge in [0.15, 0.2) is 0 Å². The van der Waals surface area contributed by atoms with Gasteiger partial charge in [-0.1, -0.05) is 13.8 Å². The maximum atomic E-state index is 11.8. The molecule has 0 saturated carbocycles. The fourth-order valence-corrected chi connectivity index (χ4v) is 1.96. The van der Waals surface area contributed by atoms with E-state index in [-0.39, 0.29) is 30.3 Å². The van der Waals surface area contributed by atoms with Crippen molar-refractivity contribution in [1.82, 2.24) is 5.32 Å². The Morgan fingerprint density at radius 1 is 1.29 bits per heavy atom. The first-order chi connectivity index (χ1) is 7.52. The van der Waals surface area contributed by atoms with Crippen molar-refractivity contribution in [2.45, 2.75) is 45.7 Å². The zero-order chi connectivity index (χ0) is 12.1. The van der Waals surface area contributed by atoms with Crippen LogP contribution in [0.1, 0.15) is 33.6 Å². The van der Waals surface area contributed by atoms with Gasteiger partial charge in [0.25, 0.3) is 0 Å². The van der Waals surface area contributed by atoms with Gasteiger partial charge in [-0.25, -0.2) is 0 Å². The van der Waals surface area contributed by atoms with E-state index in [0.717, 1.165) is 26.1 Å². The van der Waals surface area contributed by atoms with Crippen molar-refractivity contribution in [2.24, 2.45) is 17.6 Å². The standard InChI is InChI=1S/C12H24N2O2.ClH/c1-8(2)11(13)12(15)14-9(3)10-4-6-16-7-5-10;/h8-11H,4-7,13H2,1-3H3,(H,14,15);1H/t9?,11-;/m1./s1. The van der Waals surface area contributed by atoms with E-state index < -0.39 is 6.04 Å². The molecule has 1 saturated heterocycles. The Hall–Kier alpha value is -0.320. The third-order valence-corrected chi connectivity index (χ3v) is 3.36. The summed E-state index contributed by atoms with van der Waals surface area (Å²) in [6.45, 7) is 7.59. The SMILES string of the molecule is CC(NC(=O)[C@H](N)C(C)C)C1CCOCC1.Cl. The van der Waals surface area contributed by atoms with Crippen molar-refractivity contribution in [2.75, 3.05) is 13.2 Å². The molecule has 1 rings (SSSR count). The van der Waals surface area contributed by atoms with E-state index in [9.17, 15) is 4.79 Å². The molecule has 0 radical (unpaired) electrons. The Labute approximate surface area is 110 Å². The predicted molar refractivity (Wildman–Crippen MR) is 71.2 cm³/mol. The predicted octanol–water partition coefficient (Wildman–Crippen LogP) is 1.32. The lowest BCUT2D eigenvalue weighted by Gasteiger charge is -2.29. The Balaban J connectivity index is 0.00000256. The van der Waals surface area contributed by atoms with Gasteiger partial charge in [0.1, 0.15) is 0 Å². The summed E-state index contributed by atoms with van der Waals surface area (Å²) in [5, 5.41) is 3.01. The lowest BCUT2D eigenvalue weighted by atomic mass is 9.92. The van der Waals surface area contributed by atoms with E-state index in [2.05, 4.69) is 12.2 Å². The number of halogens is 1. The van der Waals surface area contributed by atoms with Crippen molar-refractivity contribution in [3.8, 4) is 0 Å². The molecule has 0 aromatic carbocycles. The van der Waals surface area contributed by atoms with Gasteiger partial charge in [-0.05, 0) is 31.6 Å². The van der Waals surface area contributed by atoms with Crippen molar-refractivity contribution < 1.29 is 9.53 Å². The Bertz CT molecular complexity index is 231. The normalized spacial score (nSPS) is 20.5. The smallest absolute Gasteiger partial charge is 0.237 e. The van der Waals surface area contributed by atoms with Crippen molar-refractivity contribution >= 4 is 18.3 Å². The van der Waals surface area contributed by atoms with E-state index in [1.54, 1.807) is 0 Å². The molecule has 0 aromatic heterocycles. The fourth-order valence-electron chi connectivity index (χ4n) is 1.96. The molecule has 102 valence electrons. The monoisotopic (exact) mass is 264 g/mol. The molecule has 1 amide bonds. The summed E-state index contributed by atoms with van der Waals surface area (Å²) in [5.41, 5.74) is 5.80. The fraction of sp³-hybridized carbons (Fsp3) is 0.917. The van der Waals surface area contributed by atoms with Gasteiger partial charge in [0.05, 0.1) is 6.04 Å². The van der Waals surface area contributed by atoms with Gasteiger partial charge < -0.3 is 15.8 Å². The van der Waals surface area contributed by atoms with E-state index in [0.29, 0.717) is 5.92 Å². The Morgan fingerprint density at radius 2 is 1.82 bits per heavy atom. The summed E-state index contributed by atoms with van der Waals surface area (Å²) in [5.74, 6) is 0.674. The minimum absolute atomic E-state index is 0. The zero-order valence-corrected chi connectivity index (χ0v) is 11.8. The van der Waals surface area contributed by atoms with Gasteiger partial charge in [-0.15, -0.1) is 12.4 Å². The van der Waals surface area contributed by atoms with Gasteiger partial charge in [-0.3, -0.25) is 4.79 Å². The first-order valence-corrected chi connectivity index (χ1v) is 6.16. The van der Waals surface area contributed by atoms with E-state index in [1.165, 1.54) is 0 Å². The molecule has 0 spiro atoms. The highest BCUT2D eigenvalue weighted by Crippen LogP contribution is 2.18. The summed E-state index contributed by atoms with van der Waals surface area (Å²) in [6, 6.07) is -0.205. The third-order valence-electron chi connectivity index (χ3n) is 3.36. The molecule has 0 aromatic rings. The van der Waals surface area contributed by atoms with Gasteiger partial charge in [0, 0.05) is 19.3 Å². The number of nitrogens with one attached hydrogen (secondary N) is 1. The van der Waals surface area contributed by atoms with Crippen LogP contribution in [-0.4, -0.2) is 31.2 Å². The van der Waals surface area contributed by atoms with Crippen LogP contribution in [0, 0.1) is 11.8 Å². The number of ether oxygens (including phenoxy) is 1. The topological polar surface area (TPSA) is 64.4 Å². The highest BCUT2D eigenvalue weighted by Gasteiger charge is 2.24. The first-order valence-electron chi connectivity index (χ1n) is 6.16. The molecule has 17 heavy (non-hydrogen) atoms. The van der Waals surface area contributed by atoms with Crippen LogP contribution in [0.4, 0.5) is 0 Å². The van der Waals surface area contributed by atoms with Gasteiger partial charge in [-0.2, -0.15) is 0 Å². The van der Waals surface area contributed by atoms with Crippen molar-refractivity contribution in [3.05, 3.63) is 0 Å². The number of carbonyl (C=O) groups excluding carboxylic acids is 1. The van der Waals surface area contributed by atoms with E-state index in [1.807, 2.05) is 13.8 Å². The van der Waals surface area contributed by atoms with Gasteiger partial charge in [0.2, 0.25) is 5.91 Å². The second-order valence-corrected chi connectivity index (χ2v) is 5.02. The van der Waals surface area contributed by atoms with Crippen molar-refractivity contribution in [1.29, 1.82) is 0 Å². The number of rotatable bonds is 4. The van der Waals surface area contributed by atoms with Crippen LogP contribution in [0.5, 0.6) is 0 Å².